The van der Waals surface area contributed by atoms with Gasteiger partial charge in [0, 0.05) is 0 Å². The van der Waals surface area contributed by atoms with Crippen molar-refractivity contribution in [2.75, 3.05) is 7.11 Å². The van der Waals surface area contributed by atoms with Gasteiger partial charge in [0.25, 0.3) is 0 Å². The Morgan fingerprint density at radius 2 is 2.29 bits per heavy atom. The van der Waals surface area contributed by atoms with E-state index in [9.17, 15) is 4.79 Å². The number of allylic oxidation sites excluding steroid dienone is 3. The smallest absolute Gasteiger partial charge is 0.348 e. The minimum atomic E-state index is -0.534. The molecule has 0 saturated carbocycles. The molecule has 0 spiro atoms. The fraction of sp³-hybridized carbons (Fsp3) is 0.455. The number of hydrogen-bond acceptors (Lipinski definition) is 3. The fourth-order valence-corrected chi connectivity index (χ4v) is 1.55. The largest absolute Gasteiger partial charge is 0.465 e. The molecule has 1 aliphatic rings. The number of carbonyl (C=O) groups excluding carboxylic acids is 1. The molecule has 3 nitrogen and oxygen atoms in total. The highest BCUT2D eigenvalue weighted by atomic mass is 16.5. The predicted molar refractivity (Wildman–Crippen MR) is 52.3 cm³/mol. The Morgan fingerprint density at radius 3 is 2.79 bits per heavy atom. The number of ether oxygens (including phenoxy) is 1. The van der Waals surface area contributed by atoms with Crippen molar-refractivity contribution >= 4 is 5.97 Å². The van der Waals surface area contributed by atoms with Crippen LogP contribution < -0.4 is 0 Å². The summed E-state index contributed by atoms with van der Waals surface area (Å²) in [6, 6.07) is 1.90. The van der Waals surface area contributed by atoms with E-state index in [1.54, 1.807) is 0 Å². The molecule has 1 rings (SSSR count). The first-order chi connectivity index (χ1) is 6.69. The third-order valence-corrected chi connectivity index (χ3v) is 2.26. The fourth-order valence-electron chi connectivity index (χ4n) is 1.55. The summed E-state index contributed by atoms with van der Waals surface area (Å²) in [4.78, 5) is 11.2. The van der Waals surface area contributed by atoms with Gasteiger partial charge in [-0.15, -0.1) is 0 Å². The van der Waals surface area contributed by atoms with Gasteiger partial charge in [-0.2, -0.15) is 5.26 Å². The number of methoxy groups -OCH3 is 1. The van der Waals surface area contributed by atoms with Crippen LogP contribution in [-0.2, 0) is 9.53 Å². The van der Waals surface area contributed by atoms with Crippen LogP contribution in [0.5, 0.6) is 0 Å². The van der Waals surface area contributed by atoms with Crippen LogP contribution in [0.2, 0.25) is 0 Å². The van der Waals surface area contributed by atoms with Gasteiger partial charge in [-0.25, -0.2) is 4.79 Å². The molecule has 0 radical (unpaired) electrons. The minimum absolute atomic E-state index is 0.145. The summed E-state index contributed by atoms with van der Waals surface area (Å²) >= 11 is 0. The molecule has 0 unspecified atom stereocenters. The van der Waals surface area contributed by atoms with E-state index in [-0.39, 0.29) is 5.57 Å². The van der Waals surface area contributed by atoms with Crippen LogP contribution in [0.3, 0.4) is 0 Å². The van der Waals surface area contributed by atoms with Crippen LogP contribution >= 0.6 is 0 Å². The second-order valence-corrected chi connectivity index (χ2v) is 3.35. The SMILES string of the molecule is COC(=O)/C(C#N)=C1/C=C(C)CCC1. The van der Waals surface area contributed by atoms with Crippen molar-refractivity contribution in [2.24, 2.45) is 0 Å². The molecule has 0 bridgehead atoms. The van der Waals surface area contributed by atoms with Crippen LogP contribution in [0.15, 0.2) is 22.8 Å². The van der Waals surface area contributed by atoms with Gasteiger partial charge in [0.1, 0.15) is 11.6 Å². The van der Waals surface area contributed by atoms with Gasteiger partial charge in [-0.05, 0) is 31.8 Å². The summed E-state index contributed by atoms with van der Waals surface area (Å²) in [5.41, 5.74) is 2.16. The maximum absolute atomic E-state index is 11.2. The lowest BCUT2D eigenvalue weighted by Crippen LogP contribution is -2.07. The maximum Gasteiger partial charge on any atom is 0.348 e. The zero-order valence-electron chi connectivity index (χ0n) is 8.46. The molecule has 0 atom stereocenters. The molecule has 0 heterocycles. The van der Waals surface area contributed by atoms with Crippen LogP contribution in [0.1, 0.15) is 26.2 Å². The topological polar surface area (TPSA) is 50.1 Å². The highest BCUT2D eigenvalue weighted by Gasteiger charge is 2.16. The third-order valence-electron chi connectivity index (χ3n) is 2.26. The molecule has 0 N–H and O–H groups in total. The Morgan fingerprint density at radius 1 is 1.57 bits per heavy atom. The lowest BCUT2D eigenvalue weighted by atomic mass is 9.93. The van der Waals surface area contributed by atoms with E-state index in [1.165, 1.54) is 12.7 Å². The van der Waals surface area contributed by atoms with E-state index < -0.39 is 5.97 Å². The summed E-state index contributed by atoms with van der Waals surface area (Å²) < 4.78 is 4.54. The molecule has 0 saturated heterocycles. The number of carbonyl (C=O) groups is 1. The van der Waals surface area contributed by atoms with Crippen molar-refractivity contribution < 1.29 is 9.53 Å². The Hall–Kier alpha value is -1.56. The number of esters is 1. The molecular formula is C11H13NO2. The average molecular weight is 191 g/mol. The molecule has 74 valence electrons. The second-order valence-electron chi connectivity index (χ2n) is 3.35. The third kappa shape index (κ3) is 2.23. The van der Waals surface area contributed by atoms with E-state index in [2.05, 4.69) is 4.74 Å². The first kappa shape index (κ1) is 10.5. The highest BCUT2D eigenvalue weighted by molar-refractivity contribution is 5.94. The van der Waals surface area contributed by atoms with Gasteiger partial charge in [-0.3, -0.25) is 0 Å². The van der Waals surface area contributed by atoms with Crippen molar-refractivity contribution in [3.8, 4) is 6.07 Å². The summed E-state index contributed by atoms with van der Waals surface area (Å²) in [6.45, 7) is 2.01. The first-order valence-corrected chi connectivity index (χ1v) is 4.57. The lowest BCUT2D eigenvalue weighted by molar-refractivity contribution is -0.135. The van der Waals surface area contributed by atoms with Crippen LogP contribution in [-0.4, -0.2) is 13.1 Å². The Balaban J connectivity index is 3.06. The number of hydrogen-bond donors (Lipinski definition) is 0. The standard InChI is InChI=1S/C11H13NO2/c1-8-4-3-5-9(6-8)10(7-12)11(13)14-2/h6H,3-5H2,1-2H3/b10-9+. The predicted octanol–water partition coefficient (Wildman–Crippen LogP) is 2.11. The van der Waals surface area contributed by atoms with Gasteiger partial charge in [0.15, 0.2) is 0 Å². The van der Waals surface area contributed by atoms with Gasteiger partial charge >= 0.3 is 5.97 Å². The van der Waals surface area contributed by atoms with Crippen LogP contribution in [0.4, 0.5) is 0 Å². The van der Waals surface area contributed by atoms with Crippen molar-refractivity contribution in [2.45, 2.75) is 26.2 Å². The molecule has 0 aromatic heterocycles. The monoisotopic (exact) mass is 191 g/mol. The van der Waals surface area contributed by atoms with E-state index in [1.807, 2.05) is 19.1 Å². The molecular weight excluding hydrogens is 178 g/mol. The van der Waals surface area contributed by atoms with Crippen LogP contribution in [0.25, 0.3) is 0 Å². The highest BCUT2D eigenvalue weighted by Crippen LogP contribution is 2.24. The van der Waals surface area contributed by atoms with Crippen molar-refractivity contribution in [1.29, 1.82) is 5.26 Å². The summed E-state index contributed by atoms with van der Waals surface area (Å²) in [5.74, 6) is -0.534. The van der Waals surface area contributed by atoms with E-state index in [0.717, 1.165) is 24.8 Å². The molecule has 0 aliphatic heterocycles. The Kier molecular flexibility index (Phi) is 3.47. The molecule has 0 aromatic rings. The number of rotatable bonds is 1. The van der Waals surface area contributed by atoms with Gasteiger partial charge in [0.2, 0.25) is 0 Å². The lowest BCUT2D eigenvalue weighted by Gasteiger charge is -2.12. The molecule has 0 aromatic carbocycles. The number of nitrogens with zero attached hydrogens (tertiary/aromatic N) is 1. The second kappa shape index (κ2) is 4.61. The maximum atomic E-state index is 11.2. The van der Waals surface area contributed by atoms with Crippen molar-refractivity contribution in [3.05, 3.63) is 22.8 Å². The first-order valence-electron chi connectivity index (χ1n) is 4.57. The van der Waals surface area contributed by atoms with Gasteiger partial charge in [-0.1, -0.05) is 11.6 Å². The summed E-state index contributed by atoms with van der Waals surface area (Å²) in [5, 5.41) is 8.83. The molecule has 0 fully saturated rings. The zero-order valence-corrected chi connectivity index (χ0v) is 8.46. The van der Waals surface area contributed by atoms with E-state index >= 15 is 0 Å². The van der Waals surface area contributed by atoms with Gasteiger partial charge in [0.05, 0.1) is 7.11 Å². The normalized spacial score (nSPS) is 19.4. The van der Waals surface area contributed by atoms with Crippen molar-refractivity contribution in [3.63, 3.8) is 0 Å². The average Bonchev–Trinajstić information content (AvgIpc) is 2.19. The van der Waals surface area contributed by atoms with Crippen molar-refractivity contribution in [1.82, 2.24) is 0 Å². The van der Waals surface area contributed by atoms with E-state index in [4.69, 9.17) is 5.26 Å². The Labute approximate surface area is 83.7 Å². The van der Waals surface area contributed by atoms with Crippen LogP contribution in [0, 0.1) is 11.3 Å². The number of nitriles is 1. The van der Waals surface area contributed by atoms with E-state index in [0.29, 0.717) is 0 Å². The summed E-state index contributed by atoms with van der Waals surface area (Å²) in [7, 11) is 1.29. The molecule has 3 heteroatoms. The van der Waals surface area contributed by atoms with Gasteiger partial charge < -0.3 is 4.74 Å². The molecule has 0 amide bonds. The minimum Gasteiger partial charge on any atom is -0.465 e. The Bertz CT molecular complexity index is 345. The molecule has 1 aliphatic carbocycles. The molecule has 14 heavy (non-hydrogen) atoms. The summed E-state index contributed by atoms with van der Waals surface area (Å²) in [6.07, 6.45) is 4.75. The zero-order chi connectivity index (χ0) is 10.6. The quantitative estimate of drug-likeness (QED) is 0.362.